The van der Waals surface area contributed by atoms with E-state index in [1.165, 1.54) is 18.4 Å². The molecule has 0 spiro atoms. The Balaban J connectivity index is 1.67. The smallest absolute Gasteiger partial charge is 0.317 e. The molecule has 0 bridgehead atoms. The van der Waals surface area contributed by atoms with Crippen LogP contribution in [0.25, 0.3) is 0 Å². The number of carbonyl (C=O) groups is 1. The van der Waals surface area contributed by atoms with E-state index in [0.29, 0.717) is 5.92 Å². The minimum Gasteiger partial charge on any atom is -0.497 e. The third-order valence-electron chi connectivity index (χ3n) is 4.15. The van der Waals surface area contributed by atoms with Gasteiger partial charge in [0.25, 0.3) is 0 Å². The van der Waals surface area contributed by atoms with Crippen molar-refractivity contribution in [2.45, 2.75) is 18.9 Å². The Hall–Kier alpha value is -1.36. The van der Waals surface area contributed by atoms with E-state index in [9.17, 15) is 4.79 Å². The molecule has 1 aromatic rings. The van der Waals surface area contributed by atoms with Crippen LogP contribution in [0.2, 0.25) is 0 Å². The predicted molar refractivity (Wildman–Crippen MR) is 85.9 cm³/mol. The highest BCUT2D eigenvalue weighted by molar-refractivity contribution is 7.99. The molecule has 1 atom stereocenters. The summed E-state index contributed by atoms with van der Waals surface area (Å²) in [5.41, 5.74) is 1.18. The first-order valence-electron chi connectivity index (χ1n) is 7.55. The number of amides is 2. The van der Waals surface area contributed by atoms with Crippen molar-refractivity contribution in [2.24, 2.45) is 5.92 Å². The molecule has 1 saturated carbocycles. The van der Waals surface area contributed by atoms with Gasteiger partial charge in [-0.2, -0.15) is 11.8 Å². The second kappa shape index (κ2) is 6.60. The third-order valence-corrected chi connectivity index (χ3v) is 5.09. The molecule has 114 valence electrons. The summed E-state index contributed by atoms with van der Waals surface area (Å²) in [7, 11) is 1.67. The summed E-state index contributed by atoms with van der Waals surface area (Å²) in [4.78, 5) is 14.4. The van der Waals surface area contributed by atoms with Crippen LogP contribution in [0.1, 0.15) is 24.4 Å². The van der Waals surface area contributed by atoms with E-state index in [1.54, 1.807) is 7.11 Å². The molecular formula is C16H22N2O2S. The topological polar surface area (TPSA) is 41.6 Å². The zero-order valence-corrected chi connectivity index (χ0v) is 13.2. The molecule has 1 aromatic carbocycles. The summed E-state index contributed by atoms with van der Waals surface area (Å²) in [5.74, 6) is 3.53. The molecule has 0 unspecified atom stereocenters. The van der Waals surface area contributed by atoms with Gasteiger partial charge in [-0.05, 0) is 36.5 Å². The van der Waals surface area contributed by atoms with Gasteiger partial charge in [0.1, 0.15) is 5.75 Å². The largest absolute Gasteiger partial charge is 0.497 e. The van der Waals surface area contributed by atoms with Crippen molar-refractivity contribution in [2.75, 3.05) is 31.7 Å². The van der Waals surface area contributed by atoms with E-state index in [-0.39, 0.29) is 12.1 Å². The molecule has 1 N–H and O–H groups in total. The highest BCUT2D eigenvalue weighted by Crippen LogP contribution is 2.41. The third kappa shape index (κ3) is 3.64. The van der Waals surface area contributed by atoms with Crippen molar-refractivity contribution < 1.29 is 9.53 Å². The van der Waals surface area contributed by atoms with Crippen molar-refractivity contribution in [1.29, 1.82) is 0 Å². The summed E-state index contributed by atoms with van der Waals surface area (Å²) < 4.78 is 5.20. The molecule has 2 aliphatic rings. The van der Waals surface area contributed by atoms with Crippen LogP contribution in [-0.4, -0.2) is 42.6 Å². The molecule has 5 heteroatoms. The molecule has 1 heterocycles. The van der Waals surface area contributed by atoms with E-state index in [4.69, 9.17) is 4.74 Å². The van der Waals surface area contributed by atoms with Crippen LogP contribution in [0.5, 0.6) is 5.75 Å². The molecule has 1 aliphatic carbocycles. The van der Waals surface area contributed by atoms with Gasteiger partial charge in [0.15, 0.2) is 0 Å². The fraction of sp³-hybridized carbons (Fsp3) is 0.562. The minimum atomic E-state index is 0.0861. The molecule has 3 rings (SSSR count). The normalized spacial score (nSPS) is 20.0. The van der Waals surface area contributed by atoms with E-state index in [2.05, 4.69) is 17.4 Å². The first-order chi connectivity index (χ1) is 10.3. The van der Waals surface area contributed by atoms with Crippen LogP contribution in [0.3, 0.4) is 0 Å². The van der Waals surface area contributed by atoms with Gasteiger partial charge in [-0.1, -0.05) is 12.1 Å². The van der Waals surface area contributed by atoms with Gasteiger partial charge in [-0.15, -0.1) is 0 Å². The SMILES string of the molecule is COc1ccc([C@H](NC(=O)N2CCSCC2)C2CC2)cc1. The lowest BCUT2D eigenvalue weighted by Crippen LogP contribution is -2.45. The standard InChI is InChI=1S/C16H22N2O2S/c1-20-14-6-4-13(5-7-14)15(12-2-3-12)17-16(19)18-8-10-21-11-9-18/h4-7,12,15H,2-3,8-11H2,1H3,(H,17,19)/t15-/m1/s1. The van der Waals surface area contributed by atoms with Crippen molar-refractivity contribution in [3.63, 3.8) is 0 Å². The molecular weight excluding hydrogens is 284 g/mol. The molecule has 1 aliphatic heterocycles. The van der Waals surface area contributed by atoms with Gasteiger partial charge in [0.2, 0.25) is 0 Å². The van der Waals surface area contributed by atoms with Crippen LogP contribution >= 0.6 is 11.8 Å². The lowest BCUT2D eigenvalue weighted by atomic mass is 10.0. The average Bonchev–Trinajstić information content (AvgIpc) is 3.38. The number of methoxy groups -OCH3 is 1. The summed E-state index contributed by atoms with van der Waals surface area (Å²) in [6, 6.07) is 8.28. The lowest BCUT2D eigenvalue weighted by molar-refractivity contribution is 0.197. The van der Waals surface area contributed by atoms with Gasteiger partial charge in [-0.25, -0.2) is 4.79 Å². The van der Waals surface area contributed by atoms with Crippen LogP contribution in [0.4, 0.5) is 4.79 Å². The van der Waals surface area contributed by atoms with Crippen molar-refractivity contribution >= 4 is 17.8 Å². The van der Waals surface area contributed by atoms with Crippen LogP contribution < -0.4 is 10.1 Å². The maximum Gasteiger partial charge on any atom is 0.317 e. The van der Waals surface area contributed by atoms with Gasteiger partial charge < -0.3 is 15.0 Å². The lowest BCUT2D eigenvalue weighted by Gasteiger charge is -2.29. The molecule has 1 saturated heterocycles. The summed E-state index contributed by atoms with van der Waals surface area (Å²) >= 11 is 1.92. The number of hydrogen-bond acceptors (Lipinski definition) is 3. The number of nitrogens with zero attached hydrogens (tertiary/aromatic N) is 1. The minimum absolute atomic E-state index is 0.0861. The van der Waals surface area contributed by atoms with Gasteiger partial charge in [0, 0.05) is 24.6 Å². The second-order valence-corrected chi connectivity index (χ2v) is 6.86. The Labute approximate surface area is 130 Å². The Kier molecular flexibility index (Phi) is 4.58. The number of carbonyl (C=O) groups excluding carboxylic acids is 1. The van der Waals surface area contributed by atoms with Gasteiger partial charge in [0.05, 0.1) is 13.2 Å². The zero-order chi connectivity index (χ0) is 14.7. The number of ether oxygens (including phenoxy) is 1. The number of hydrogen-bond donors (Lipinski definition) is 1. The Bertz CT molecular complexity index is 482. The van der Waals surface area contributed by atoms with E-state index in [1.807, 2.05) is 28.8 Å². The molecule has 2 fully saturated rings. The maximum absolute atomic E-state index is 12.4. The monoisotopic (exact) mass is 306 g/mol. The fourth-order valence-electron chi connectivity index (χ4n) is 2.70. The van der Waals surface area contributed by atoms with Crippen LogP contribution in [0.15, 0.2) is 24.3 Å². The summed E-state index contributed by atoms with van der Waals surface area (Å²) in [5, 5.41) is 3.24. The van der Waals surface area contributed by atoms with Crippen LogP contribution in [0, 0.1) is 5.92 Å². The van der Waals surface area contributed by atoms with Crippen molar-refractivity contribution in [1.82, 2.24) is 10.2 Å². The first kappa shape index (κ1) is 14.6. The Morgan fingerprint density at radius 2 is 1.95 bits per heavy atom. The van der Waals surface area contributed by atoms with Crippen LogP contribution in [-0.2, 0) is 0 Å². The van der Waals surface area contributed by atoms with E-state index < -0.39 is 0 Å². The second-order valence-electron chi connectivity index (χ2n) is 5.64. The fourth-order valence-corrected chi connectivity index (χ4v) is 3.61. The molecule has 0 radical (unpaired) electrons. The predicted octanol–water partition coefficient (Wildman–Crippen LogP) is 2.90. The molecule has 2 amide bonds. The molecule has 4 nitrogen and oxygen atoms in total. The number of urea groups is 1. The Morgan fingerprint density at radius 3 is 2.52 bits per heavy atom. The number of benzene rings is 1. The number of thioether (sulfide) groups is 1. The van der Waals surface area contributed by atoms with E-state index in [0.717, 1.165) is 30.3 Å². The Morgan fingerprint density at radius 1 is 1.29 bits per heavy atom. The first-order valence-corrected chi connectivity index (χ1v) is 8.70. The van der Waals surface area contributed by atoms with Crippen molar-refractivity contribution in [3.8, 4) is 5.75 Å². The summed E-state index contributed by atoms with van der Waals surface area (Å²) in [6.45, 7) is 1.72. The van der Waals surface area contributed by atoms with Gasteiger partial charge >= 0.3 is 6.03 Å². The number of nitrogens with one attached hydrogen (secondary N) is 1. The summed E-state index contributed by atoms with van der Waals surface area (Å²) in [6.07, 6.45) is 2.40. The molecule has 21 heavy (non-hydrogen) atoms. The average molecular weight is 306 g/mol. The zero-order valence-electron chi connectivity index (χ0n) is 12.4. The quantitative estimate of drug-likeness (QED) is 0.930. The van der Waals surface area contributed by atoms with Crippen molar-refractivity contribution in [3.05, 3.63) is 29.8 Å². The highest BCUT2D eigenvalue weighted by atomic mass is 32.2. The maximum atomic E-state index is 12.4. The molecule has 0 aromatic heterocycles. The highest BCUT2D eigenvalue weighted by Gasteiger charge is 2.34. The van der Waals surface area contributed by atoms with E-state index >= 15 is 0 Å². The number of rotatable bonds is 4. The van der Waals surface area contributed by atoms with Gasteiger partial charge in [-0.3, -0.25) is 0 Å².